The molecule has 14 aromatic carbocycles. The zero-order valence-electron chi connectivity index (χ0n) is 46.9. The number of hydrogen-bond donors (Lipinski definition) is 0. The predicted molar refractivity (Wildman–Crippen MR) is 355 cm³/mol. The smallest absolute Gasteiger partial charge is 0.0713 e. The Balaban J connectivity index is 0.803. The molecule has 1 heteroatoms. The largest absolute Gasteiger partial charge is 0.311 e. The van der Waals surface area contributed by atoms with Crippen molar-refractivity contribution >= 4 is 27.8 Å². The Morgan fingerprint density at radius 3 is 1.12 bits per heavy atom. The van der Waals surface area contributed by atoms with E-state index in [1.54, 1.807) is 0 Å². The van der Waals surface area contributed by atoms with Crippen LogP contribution in [0.5, 0.6) is 0 Å². The lowest BCUT2D eigenvalue weighted by Crippen LogP contribution is -2.28. The van der Waals surface area contributed by atoms with Gasteiger partial charge in [-0.15, -0.1) is 0 Å². The quantitative estimate of drug-likeness (QED) is 0.125. The van der Waals surface area contributed by atoms with Crippen molar-refractivity contribution in [2.45, 2.75) is 10.8 Å². The second-order valence-electron chi connectivity index (χ2n) is 22.7. The molecule has 85 heavy (non-hydrogen) atoms. The maximum atomic E-state index is 2.46. The third kappa shape index (κ3) is 8.07. The van der Waals surface area contributed by atoms with Gasteiger partial charge in [0.05, 0.1) is 10.8 Å². The molecule has 0 aromatic heterocycles. The minimum absolute atomic E-state index is 0.477. The van der Waals surface area contributed by atoms with Crippen LogP contribution in [-0.2, 0) is 10.8 Å². The van der Waals surface area contributed by atoms with E-state index in [9.17, 15) is 0 Å². The topological polar surface area (TPSA) is 3.24 Å². The van der Waals surface area contributed by atoms with E-state index in [-0.39, 0.29) is 0 Å². The summed E-state index contributed by atoms with van der Waals surface area (Å²) in [6.45, 7) is 0. The Kier molecular flexibility index (Phi) is 12.1. The summed E-state index contributed by atoms with van der Waals surface area (Å²) in [5.41, 5.74) is 27.1. The molecule has 14 aromatic rings. The first-order valence-electron chi connectivity index (χ1n) is 29.6. The standard InChI is InChI=1S/C84H57N/c1-5-25-67(26-6-1)83(68-27-7-2-8-28-68)79-37-18-16-34-77(79)82-74(35-20-38-80(82)83)61-45-52-73(53-46-61)85(71-48-41-59(42-49-71)63-23-19-24-64(55-63)65-40-39-58-21-13-14-22-62(58)56-65)72-50-43-60(44-51-72)66-47-54-76-75-33-15-17-36-78(75)84(81(76)57-66,69-29-9-3-10-30-69)70-31-11-4-12-32-70/h1-57H. The first-order valence-corrected chi connectivity index (χ1v) is 29.6. The minimum Gasteiger partial charge on any atom is -0.311 e. The Bertz CT molecular complexity index is 4700. The SMILES string of the molecule is c1ccc(C2(c3ccccc3)c3ccccc3-c3ccc(-c4ccc(N(c5ccc(-c6cccc(-c7ccc8ccccc8c7)c6)cc5)c5ccc(-c6cccc7c6-c6ccccc6C7(c6ccccc6)c6ccccc6)cc5)cc4)cc32)cc1. The summed E-state index contributed by atoms with van der Waals surface area (Å²) in [7, 11) is 0. The average molecular weight is 1080 g/mol. The van der Waals surface area contributed by atoms with Crippen molar-refractivity contribution in [1.29, 1.82) is 0 Å². The van der Waals surface area contributed by atoms with Crippen molar-refractivity contribution in [3.8, 4) is 66.8 Å². The van der Waals surface area contributed by atoms with Crippen LogP contribution in [0.25, 0.3) is 77.5 Å². The Labute approximate surface area is 497 Å². The molecule has 0 saturated carbocycles. The van der Waals surface area contributed by atoms with Crippen LogP contribution in [-0.4, -0.2) is 0 Å². The molecule has 0 bridgehead atoms. The van der Waals surface area contributed by atoms with E-state index >= 15 is 0 Å². The number of hydrogen-bond acceptors (Lipinski definition) is 1. The van der Waals surface area contributed by atoms with Gasteiger partial charge >= 0.3 is 0 Å². The molecule has 0 spiro atoms. The zero-order chi connectivity index (χ0) is 56.3. The number of nitrogens with zero attached hydrogens (tertiary/aromatic N) is 1. The van der Waals surface area contributed by atoms with Gasteiger partial charge in [0.25, 0.3) is 0 Å². The summed E-state index contributed by atoms with van der Waals surface area (Å²) in [4.78, 5) is 2.40. The zero-order valence-corrected chi connectivity index (χ0v) is 46.9. The van der Waals surface area contributed by atoms with Crippen molar-refractivity contribution in [1.82, 2.24) is 0 Å². The molecule has 0 unspecified atom stereocenters. The number of rotatable bonds is 11. The molecule has 0 fully saturated rings. The number of benzene rings is 14. The van der Waals surface area contributed by atoms with Gasteiger partial charge in [0.15, 0.2) is 0 Å². The molecule has 0 heterocycles. The molecule has 0 radical (unpaired) electrons. The van der Waals surface area contributed by atoms with E-state index in [1.165, 1.54) is 111 Å². The highest BCUT2D eigenvalue weighted by atomic mass is 15.1. The van der Waals surface area contributed by atoms with Crippen LogP contribution in [0.3, 0.4) is 0 Å². The van der Waals surface area contributed by atoms with Crippen LogP contribution in [0.4, 0.5) is 17.1 Å². The molecular weight excluding hydrogens is 1020 g/mol. The summed E-state index contributed by atoms with van der Waals surface area (Å²) in [5.74, 6) is 0. The molecule has 2 aliphatic carbocycles. The third-order valence-corrected chi connectivity index (χ3v) is 18.2. The van der Waals surface area contributed by atoms with Crippen LogP contribution < -0.4 is 4.90 Å². The van der Waals surface area contributed by atoms with E-state index in [1.807, 2.05) is 0 Å². The average Bonchev–Trinajstić information content (AvgIpc) is 1.70. The maximum Gasteiger partial charge on any atom is 0.0713 e. The van der Waals surface area contributed by atoms with Gasteiger partial charge in [-0.3, -0.25) is 0 Å². The van der Waals surface area contributed by atoms with E-state index in [0.29, 0.717) is 0 Å². The fourth-order valence-corrected chi connectivity index (χ4v) is 14.4. The van der Waals surface area contributed by atoms with Gasteiger partial charge in [0, 0.05) is 17.1 Å². The van der Waals surface area contributed by atoms with Crippen LogP contribution in [0.2, 0.25) is 0 Å². The number of anilines is 3. The van der Waals surface area contributed by atoms with Gasteiger partial charge in [-0.25, -0.2) is 0 Å². The number of fused-ring (bicyclic) bond motifs is 7. The molecular formula is C84H57N. The normalized spacial score (nSPS) is 13.1. The van der Waals surface area contributed by atoms with Gasteiger partial charge in [0.2, 0.25) is 0 Å². The van der Waals surface area contributed by atoms with E-state index < -0.39 is 10.8 Å². The molecule has 398 valence electrons. The third-order valence-electron chi connectivity index (χ3n) is 18.2. The van der Waals surface area contributed by atoms with Crippen LogP contribution >= 0.6 is 0 Å². The van der Waals surface area contributed by atoms with Crippen molar-refractivity contribution in [2.75, 3.05) is 4.90 Å². The van der Waals surface area contributed by atoms with Gasteiger partial charge in [-0.1, -0.05) is 291 Å². The monoisotopic (exact) mass is 1080 g/mol. The van der Waals surface area contributed by atoms with Gasteiger partial charge in [-0.05, 0) is 177 Å². The van der Waals surface area contributed by atoms with Crippen molar-refractivity contribution in [3.63, 3.8) is 0 Å². The Hall–Kier alpha value is -10.9. The summed E-state index contributed by atoms with van der Waals surface area (Å²) in [6.07, 6.45) is 0. The molecule has 16 rings (SSSR count). The highest BCUT2D eigenvalue weighted by molar-refractivity contribution is 5.96. The fraction of sp³-hybridized carbons (Fsp3) is 0.0238. The van der Waals surface area contributed by atoms with Crippen molar-refractivity contribution < 1.29 is 0 Å². The molecule has 1 nitrogen and oxygen atoms in total. The Morgan fingerprint density at radius 2 is 0.553 bits per heavy atom. The van der Waals surface area contributed by atoms with Gasteiger partial charge in [-0.2, -0.15) is 0 Å². The molecule has 0 N–H and O–H groups in total. The van der Waals surface area contributed by atoms with Crippen molar-refractivity contribution in [3.05, 3.63) is 390 Å². The van der Waals surface area contributed by atoms with Gasteiger partial charge < -0.3 is 4.90 Å². The molecule has 0 saturated heterocycles. The maximum absolute atomic E-state index is 2.46. The summed E-state index contributed by atoms with van der Waals surface area (Å²) in [5, 5.41) is 2.49. The second-order valence-corrected chi connectivity index (χ2v) is 22.7. The molecule has 0 atom stereocenters. The fourth-order valence-electron chi connectivity index (χ4n) is 14.4. The van der Waals surface area contributed by atoms with Crippen LogP contribution in [0.15, 0.2) is 346 Å². The van der Waals surface area contributed by atoms with Crippen LogP contribution in [0.1, 0.15) is 44.5 Å². The van der Waals surface area contributed by atoms with E-state index in [0.717, 1.165) is 28.2 Å². The lowest BCUT2D eigenvalue weighted by atomic mass is 9.67. The molecule has 2 aliphatic rings. The first kappa shape index (κ1) is 49.9. The van der Waals surface area contributed by atoms with Crippen LogP contribution in [0, 0.1) is 0 Å². The summed E-state index contributed by atoms with van der Waals surface area (Å²) in [6, 6.07) is 128. The lowest BCUT2D eigenvalue weighted by molar-refractivity contribution is 0.768. The first-order chi connectivity index (χ1) is 42.1. The highest BCUT2D eigenvalue weighted by Gasteiger charge is 2.48. The van der Waals surface area contributed by atoms with E-state index in [4.69, 9.17) is 0 Å². The lowest BCUT2D eigenvalue weighted by Gasteiger charge is -2.34. The van der Waals surface area contributed by atoms with Crippen molar-refractivity contribution in [2.24, 2.45) is 0 Å². The molecule has 0 amide bonds. The predicted octanol–water partition coefficient (Wildman–Crippen LogP) is 21.7. The van der Waals surface area contributed by atoms with E-state index in [2.05, 4.69) is 351 Å². The minimum atomic E-state index is -0.479. The summed E-state index contributed by atoms with van der Waals surface area (Å²) >= 11 is 0. The van der Waals surface area contributed by atoms with Gasteiger partial charge in [0.1, 0.15) is 0 Å². The Morgan fingerprint density at radius 1 is 0.188 bits per heavy atom. The summed E-state index contributed by atoms with van der Waals surface area (Å²) < 4.78 is 0. The highest BCUT2D eigenvalue weighted by Crippen LogP contribution is 2.59. The molecule has 0 aliphatic heterocycles. The second kappa shape index (κ2) is 20.5.